The maximum Gasteiger partial charge on any atom is 0.407 e. The van der Waals surface area contributed by atoms with Crippen molar-refractivity contribution in [2.24, 2.45) is 7.05 Å². The highest BCUT2D eigenvalue weighted by atomic mass is 32.2. The molecule has 2 atom stereocenters. The molecule has 3 aromatic carbocycles. The molecule has 0 saturated carbocycles. The molecule has 6 aromatic rings. The number of aryl methyl sites for hydroxylation is 3. The van der Waals surface area contributed by atoms with Crippen LogP contribution in [0.15, 0.2) is 114 Å². The fourth-order valence-corrected chi connectivity index (χ4v) is 8.95. The van der Waals surface area contributed by atoms with Crippen LogP contribution in [0.4, 0.5) is 10.5 Å². The minimum atomic E-state index is -4.13. The Labute approximate surface area is 317 Å². The number of rotatable bonds is 15. The summed E-state index contributed by atoms with van der Waals surface area (Å²) in [7, 11) is -1.13. The third kappa shape index (κ3) is 8.66. The van der Waals surface area contributed by atoms with Crippen LogP contribution in [0, 0.1) is 6.92 Å². The number of thiazole rings is 1. The van der Waals surface area contributed by atoms with Gasteiger partial charge in [-0.1, -0.05) is 60.7 Å². The SMILES string of the molecule is COC(=O)N[C@H](C(=O)Nc1cnccc1CC[C@@H](CO)N(Cc1cn(C)nc1C)S(=O)(=O)c1ccc2ncsc2c1)C(c1ccccc1)c1ccccc1. The number of alkyl carbamates (subject to hydrolysis) is 1. The fourth-order valence-electron chi connectivity index (χ4n) is 6.51. The van der Waals surface area contributed by atoms with Crippen LogP contribution in [0.3, 0.4) is 0 Å². The van der Waals surface area contributed by atoms with Gasteiger partial charge in [0.05, 0.1) is 51.9 Å². The van der Waals surface area contributed by atoms with Gasteiger partial charge in [-0.15, -0.1) is 11.3 Å². The van der Waals surface area contributed by atoms with Gasteiger partial charge in [0.1, 0.15) is 6.04 Å². The summed E-state index contributed by atoms with van der Waals surface area (Å²) in [5.41, 5.74) is 6.37. The summed E-state index contributed by atoms with van der Waals surface area (Å²) in [6.45, 7) is 1.33. The third-order valence-electron chi connectivity index (χ3n) is 9.28. The first-order chi connectivity index (χ1) is 26.1. The first-order valence-electron chi connectivity index (χ1n) is 17.2. The molecule has 3 aromatic heterocycles. The van der Waals surface area contributed by atoms with Gasteiger partial charge < -0.3 is 20.5 Å². The second kappa shape index (κ2) is 17.1. The van der Waals surface area contributed by atoms with Gasteiger partial charge in [-0.05, 0) is 60.7 Å². The zero-order valence-electron chi connectivity index (χ0n) is 30.0. The second-order valence-corrected chi connectivity index (χ2v) is 15.5. The normalized spacial score (nSPS) is 12.9. The highest BCUT2D eigenvalue weighted by molar-refractivity contribution is 7.89. The molecule has 0 fully saturated rings. The number of aromatic nitrogens is 4. The van der Waals surface area contributed by atoms with Crippen molar-refractivity contribution in [1.82, 2.24) is 29.4 Å². The molecule has 3 heterocycles. The number of aliphatic hydroxyl groups is 1. The van der Waals surface area contributed by atoms with Gasteiger partial charge in [-0.3, -0.25) is 14.5 Å². The molecule has 13 nitrogen and oxygen atoms in total. The van der Waals surface area contributed by atoms with Gasteiger partial charge in [0.25, 0.3) is 0 Å². The number of carbonyl (C=O) groups is 2. The number of hydrogen-bond acceptors (Lipinski definition) is 10. The lowest BCUT2D eigenvalue weighted by molar-refractivity contribution is -0.118. The second-order valence-electron chi connectivity index (χ2n) is 12.8. The summed E-state index contributed by atoms with van der Waals surface area (Å²) in [4.78, 5) is 35.5. The largest absolute Gasteiger partial charge is 0.453 e. The van der Waals surface area contributed by atoms with E-state index in [1.807, 2.05) is 67.6 Å². The van der Waals surface area contributed by atoms with Crippen molar-refractivity contribution in [3.05, 3.63) is 137 Å². The van der Waals surface area contributed by atoms with Crippen molar-refractivity contribution in [3.8, 4) is 0 Å². The number of ether oxygens (including phenoxy) is 1. The molecule has 0 bridgehead atoms. The Morgan fingerprint density at radius 1 is 1.00 bits per heavy atom. The first kappa shape index (κ1) is 38.3. The van der Waals surface area contributed by atoms with Crippen LogP contribution < -0.4 is 10.6 Å². The first-order valence-corrected chi connectivity index (χ1v) is 19.5. The van der Waals surface area contributed by atoms with E-state index in [2.05, 4.69) is 25.7 Å². The number of aliphatic hydroxyl groups excluding tert-OH is 1. The highest BCUT2D eigenvalue weighted by Gasteiger charge is 2.35. The lowest BCUT2D eigenvalue weighted by Gasteiger charge is -2.30. The molecule has 0 radical (unpaired) electrons. The van der Waals surface area contributed by atoms with Crippen molar-refractivity contribution < 1.29 is 27.9 Å². The van der Waals surface area contributed by atoms with Gasteiger partial charge >= 0.3 is 6.09 Å². The molecule has 0 aliphatic heterocycles. The number of nitrogens with one attached hydrogen (secondary N) is 2. The van der Waals surface area contributed by atoms with E-state index in [1.54, 1.807) is 47.8 Å². The van der Waals surface area contributed by atoms with E-state index >= 15 is 0 Å². The molecule has 0 unspecified atom stereocenters. The van der Waals surface area contributed by atoms with Crippen LogP contribution in [0.1, 0.15) is 40.3 Å². The summed E-state index contributed by atoms with van der Waals surface area (Å²) in [6, 6.07) is 23.4. The maximum atomic E-state index is 14.4. The number of nitrogens with zero attached hydrogens (tertiary/aromatic N) is 5. The van der Waals surface area contributed by atoms with Gasteiger partial charge in [0.15, 0.2) is 0 Å². The average Bonchev–Trinajstić information content (AvgIpc) is 3.79. The summed E-state index contributed by atoms with van der Waals surface area (Å²) in [5.74, 6) is -1.09. The summed E-state index contributed by atoms with van der Waals surface area (Å²) < 4.78 is 37.4. The smallest absolute Gasteiger partial charge is 0.407 e. The van der Waals surface area contributed by atoms with Crippen LogP contribution >= 0.6 is 11.3 Å². The van der Waals surface area contributed by atoms with Crippen LogP contribution in [-0.2, 0) is 39.6 Å². The maximum absolute atomic E-state index is 14.4. The zero-order valence-corrected chi connectivity index (χ0v) is 31.6. The van der Waals surface area contributed by atoms with Crippen LogP contribution in [0.25, 0.3) is 10.2 Å². The Bertz CT molecular complexity index is 2280. The molecule has 0 spiro atoms. The fraction of sp³-hybridized carbons (Fsp3) is 0.256. The molecule has 280 valence electrons. The molecular weight excluding hydrogens is 727 g/mol. The number of carbonyl (C=O) groups excluding carboxylic acids is 2. The molecule has 0 aliphatic rings. The minimum absolute atomic E-state index is 0.0187. The lowest BCUT2D eigenvalue weighted by Crippen LogP contribution is -2.48. The molecule has 15 heteroatoms. The number of pyridine rings is 1. The monoisotopic (exact) mass is 767 g/mol. The van der Waals surface area contributed by atoms with E-state index in [1.165, 1.54) is 35.0 Å². The molecule has 3 N–H and O–H groups in total. The number of benzene rings is 3. The Balaban J connectivity index is 1.29. The lowest BCUT2D eigenvalue weighted by atomic mass is 9.84. The topological polar surface area (TPSA) is 169 Å². The highest BCUT2D eigenvalue weighted by Crippen LogP contribution is 2.31. The molecular formula is C39H41N7O6S2. The summed E-state index contributed by atoms with van der Waals surface area (Å²) >= 11 is 1.35. The predicted molar refractivity (Wildman–Crippen MR) is 206 cm³/mol. The molecule has 2 amide bonds. The van der Waals surface area contributed by atoms with Crippen molar-refractivity contribution in [2.45, 2.75) is 49.2 Å². The van der Waals surface area contributed by atoms with Crippen molar-refractivity contribution in [1.29, 1.82) is 0 Å². The Morgan fingerprint density at radius 2 is 1.70 bits per heavy atom. The third-order valence-corrected chi connectivity index (χ3v) is 12.0. The van der Waals surface area contributed by atoms with E-state index in [0.29, 0.717) is 28.0 Å². The van der Waals surface area contributed by atoms with Crippen LogP contribution in [0.5, 0.6) is 0 Å². The molecule has 0 saturated heterocycles. The summed E-state index contributed by atoms with van der Waals surface area (Å²) in [5, 5.41) is 20.9. The molecule has 6 rings (SSSR count). The van der Waals surface area contributed by atoms with E-state index in [4.69, 9.17) is 4.74 Å². The number of amides is 2. The quantitative estimate of drug-likeness (QED) is 0.124. The van der Waals surface area contributed by atoms with Crippen LogP contribution in [0.2, 0.25) is 0 Å². The number of fused-ring (bicyclic) bond motifs is 1. The Morgan fingerprint density at radius 3 is 2.33 bits per heavy atom. The van der Waals surface area contributed by atoms with Gasteiger partial charge in [0, 0.05) is 43.5 Å². The van der Waals surface area contributed by atoms with Gasteiger partial charge in [0.2, 0.25) is 15.9 Å². The van der Waals surface area contributed by atoms with Crippen molar-refractivity contribution >= 4 is 49.3 Å². The van der Waals surface area contributed by atoms with Gasteiger partial charge in [-0.25, -0.2) is 18.2 Å². The average molecular weight is 768 g/mol. The number of anilines is 1. The number of sulfonamides is 1. The minimum Gasteiger partial charge on any atom is -0.453 e. The standard InChI is InChI=1S/C39H41N7O6S2/c1-26-30(22-45(2)44-26)23-46(54(50,51)32-16-17-33-35(20-32)53-25-41-33)31(24-47)15-14-27-18-19-40-21-34(27)42-38(48)37(43-39(49)52-3)36(28-10-6-4-7-11-28)29-12-8-5-9-13-29/h4-13,16-22,25,31,36-37,47H,14-15,23-24H2,1-3H3,(H,42,48)(H,43,49)/t31-,37-/m0/s1. The van der Waals surface area contributed by atoms with E-state index in [9.17, 15) is 23.1 Å². The van der Waals surface area contributed by atoms with Gasteiger partial charge in [-0.2, -0.15) is 9.40 Å². The van der Waals surface area contributed by atoms with E-state index in [0.717, 1.165) is 15.8 Å². The zero-order chi connectivity index (χ0) is 38.2. The van der Waals surface area contributed by atoms with E-state index in [-0.39, 0.29) is 24.3 Å². The predicted octanol–water partition coefficient (Wildman–Crippen LogP) is 5.41. The van der Waals surface area contributed by atoms with Crippen LogP contribution in [-0.4, -0.2) is 75.4 Å². The molecule has 0 aliphatic carbocycles. The summed E-state index contributed by atoms with van der Waals surface area (Å²) in [6.07, 6.45) is 4.55. The molecule has 54 heavy (non-hydrogen) atoms. The number of hydrogen-bond donors (Lipinski definition) is 3. The Hall–Kier alpha value is -5.48. The Kier molecular flexibility index (Phi) is 12.1. The van der Waals surface area contributed by atoms with Crippen molar-refractivity contribution in [2.75, 3.05) is 19.0 Å². The number of methoxy groups -OCH3 is 1. The van der Waals surface area contributed by atoms with Crippen molar-refractivity contribution in [3.63, 3.8) is 0 Å². The van der Waals surface area contributed by atoms with E-state index < -0.39 is 46.6 Å².